The summed E-state index contributed by atoms with van der Waals surface area (Å²) in [6, 6.07) is 1.74. The number of hydrogen-bond acceptors (Lipinski definition) is 4. The first-order valence-corrected chi connectivity index (χ1v) is 3.14. The van der Waals surface area contributed by atoms with Gasteiger partial charge in [0.1, 0.15) is 11.8 Å². The molecule has 0 spiro atoms. The van der Waals surface area contributed by atoms with Crippen LogP contribution in [0.25, 0.3) is 5.52 Å². The first-order valence-electron chi connectivity index (χ1n) is 3.14. The van der Waals surface area contributed by atoms with Gasteiger partial charge in [-0.25, -0.2) is 4.52 Å². The van der Waals surface area contributed by atoms with Crippen molar-refractivity contribution in [3.8, 4) is 5.88 Å². The monoisotopic (exact) mass is 150 g/mol. The summed E-state index contributed by atoms with van der Waals surface area (Å²) in [5.41, 5.74) is 1.41. The quantitative estimate of drug-likeness (QED) is 0.580. The lowest BCUT2D eigenvalue weighted by Gasteiger charge is -1.90. The standard InChI is InChI=1S/C6H6N4O/c1-4-2-5-6(11)8-7-3-10(5)9-4/h2-3H,1H3,(H,8,11). The molecular weight excluding hydrogens is 144 g/mol. The Balaban J connectivity index is 2.90. The lowest BCUT2D eigenvalue weighted by molar-refractivity contribution is 0.446. The number of fused-ring (bicyclic) bond motifs is 1. The summed E-state index contributed by atoms with van der Waals surface area (Å²) in [5, 5.41) is 20.2. The molecule has 0 aliphatic heterocycles. The molecule has 11 heavy (non-hydrogen) atoms. The zero-order chi connectivity index (χ0) is 7.84. The molecular formula is C6H6N4O. The second kappa shape index (κ2) is 1.91. The number of aryl methyl sites for hydroxylation is 1. The molecule has 0 atom stereocenters. The fourth-order valence-electron chi connectivity index (χ4n) is 0.952. The average Bonchev–Trinajstić information content (AvgIpc) is 2.31. The molecule has 2 aromatic heterocycles. The molecule has 5 heteroatoms. The van der Waals surface area contributed by atoms with Crippen LogP contribution in [-0.2, 0) is 0 Å². The lowest BCUT2D eigenvalue weighted by atomic mass is 10.4. The molecule has 2 rings (SSSR count). The van der Waals surface area contributed by atoms with E-state index in [9.17, 15) is 0 Å². The molecule has 0 aliphatic carbocycles. The fraction of sp³-hybridized carbons (Fsp3) is 0.167. The summed E-state index contributed by atoms with van der Waals surface area (Å²) >= 11 is 0. The molecule has 0 bridgehead atoms. The maximum atomic E-state index is 9.15. The van der Waals surface area contributed by atoms with Crippen LogP contribution in [0.5, 0.6) is 5.88 Å². The number of nitrogens with zero attached hydrogens (tertiary/aromatic N) is 4. The Kier molecular flexibility index (Phi) is 1.06. The van der Waals surface area contributed by atoms with Crippen molar-refractivity contribution in [3.05, 3.63) is 18.1 Å². The Hall–Kier alpha value is -1.65. The third-order valence-corrected chi connectivity index (χ3v) is 1.40. The summed E-state index contributed by atoms with van der Waals surface area (Å²) in [5.74, 6) is -0.0897. The van der Waals surface area contributed by atoms with E-state index in [0.717, 1.165) is 5.69 Å². The van der Waals surface area contributed by atoms with Crippen LogP contribution in [0.2, 0.25) is 0 Å². The second-order valence-corrected chi connectivity index (χ2v) is 2.27. The molecule has 0 amide bonds. The third kappa shape index (κ3) is 0.813. The SMILES string of the molecule is Cc1cc2c(O)nncn2n1. The molecule has 0 saturated carbocycles. The van der Waals surface area contributed by atoms with E-state index in [4.69, 9.17) is 5.11 Å². The minimum Gasteiger partial charge on any atom is -0.491 e. The van der Waals surface area contributed by atoms with Gasteiger partial charge in [-0.1, -0.05) is 0 Å². The van der Waals surface area contributed by atoms with Gasteiger partial charge in [0.25, 0.3) is 5.88 Å². The highest BCUT2D eigenvalue weighted by Crippen LogP contribution is 2.12. The van der Waals surface area contributed by atoms with Crippen LogP contribution in [0.4, 0.5) is 0 Å². The van der Waals surface area contributed by atoms with E-state index in [1.807, 2.05) is 6.92 Å². The lowest BCUT2D eigenvalue weighted by Crippen LogP contribution is -1.91. The van der Waals surface area contributed by atoms with Crippen molar-refractivity contribution in [2.45, 2.75) is 6.92 Å². The van der Waals surface area contributed by atoms with E-state index >= 15 is 0 Å². The number of rotatable bonds is 0. The van der Waals surface area contributed by atoms with E-state index in [-0.39, 0.29) is 5.88 Å². The predicted octanol–water partition coefficient (Wildman–Crippen LogP) is 0.138. The number of hydrogen-bond donors (Lipinski definition) is 1. The van der Waals surface area contributed by atoms with Crippen LogP contribution in [0, 0.1) is 6.92 Å². The first-order chi connectivity index (χ1) is 5.27. The van der Waals surface area contributed by atoms with Gasteiger partial charge in [0, 0.05) is 0 Å². The highest BCUT2D eigenvalue weighted by atomic mass is 16.3. The predicted molar refractivity (Wildman–Crippen MR) is 37.2 cm³/mol. The summed E-state index contributed by atoms with van der Waals surface area (Å²) in [6.45, 7) is 1.84. The maximum Gasteiger partial charge on any atom is 0.257 e. The molecule has 56 valence electrons. The molecule has 1 N–H and O–H groups in total. The zero-order valence-corrected chi connectivity index (χ0v) is 5.89. The van der Waals surface area contributed by atoms with Crippen molar-refractivity contribution < 1.29 is 5.11 Å². The normalized spacial score (nSPS) is 10.6. The van der Waals surface area contributed by atoms with Gasteiger partial charge < -0.3 is 5.11 Å². The molecule has 0 saturated heterocycles. The molecule has 2 aromatic rings. The first kappa shape index (κ1) is 6.09. The number of aromatic hydroxyl groups is 1. The summed E-state index contributed by atoms with van der Waals surface area (Å²) in [6.07, 6.45) is 1.45. The highest BCUT2D eigenvalue weighted by molar-refractivity contribution is 5.54. The highest BCUT2D eigenvalue weighted by Gasteiger charge is 2.02. The zero-order valence-electron chi connectivity index (χ0n) is 5.89. The van der Waals surface area contributed by atoms with Crippen LogP contribution in [0.15, 0.2) is 12.4 Å². The van der Waals surface area contributed by atoms with E-state index in [1.165, 1.54) is 10.8 Å². The van der Waals surface area contributed by atoms with Gasteiger partial charge in [0.05, 0.1) is 5.69 Å². The van der Waals surface area contributed by atoms with Gasteiger partial charge >= 0.3 is 0 Å². The fourth-order valence-corrected chi connectivity index (χ4v) is 0.952. The van der Waals surface area contributed by atoms with E-state index in [1.54, 1.807) is 6.07 Å². The molecule has 0 aliphatic rings. The molecule has 5 nitrogen and oxygen atoms in total. The van der Waals surface area contributed by atoms with Crippen LogP contribution in [-0.4, -0.2) is 24.9 Å². The van der Waals surface area contributed by atoms with E-state index in [2.05, 4.69) is 15.3 Å². The molecule has 0 unspecified atom stereocenters. The van der Waals surface area contributed by atoms with E-state index < -0.39 is 0 Å². The van der Waals surface area contributed by atoms with Crippen molar-refractivity contribution in [1.29, 1.82) is 0 Å². The van der Waals surface area contributed by atoms with Crippen molar-refractivity contribution in [1.82, 2.24) is 19.8 Å². The van der Waals surface area contributed by atoms with Crippen LogP contribution in [0.1, 0.15) is 5.69 Å². The average molecular weight is 150 g/mol. The smallest absolute Gasteiger partial charge is 0.257 e. The second-order valence-electron chi connectivity index (χ2n) is 2.27. The topological polar surface area (TPSA) is 63.3 Å². The van der Waals surface area contributed by atoms with Crippen molar-refractivity contribution in [3.63, 3.8) is 0 Å². The van der Waals surface area contributed by atoms with Crippen LogP contribution in [0.3, 0.4) is 0 Å². The Morgan fingerprint density at radius 3 is 3.09 bits per heavy atom. The van der Waals surface area contributed by atoms with Crippen molar-refractivity contribution in [2.24, 2.45) is 0 Å². The largest absolute Gasteiger partial charge is 0.491 e. The van der Waals surface area contributed by atoms with Crippen molar-refractivity contribution >= 4 is 5.52 Å². The van der Waals surface area contributed by atoms with Crippen LogP contribution < -0.4 is 0 Å². The Labute approximate surface area is 62.3 Å². The van der Waals surface area contributed by atoms with Gasteiger partial charge in [-0.3, -0.25) is 0 Å². The summed E-state index contributed by atoms with van der Waals surface area (Å²) in [7, 11) is 0. The number of aromatic nitrogens is 4. The van der Waals surface area contributed by atoms with Gasteiger partial charge in [0.15, 0.2) is 0 Å². The van der Waals surface area contributed by atoms with Gasteiger partial charge in [-0.05, 0) is 13.0 Å². The maximum absolute atomic E-state index is 9.15. The van der Waals surface area contributed by atoms with Crippen molar-refractivity contribution in [2.75, 3.05) is 0 Å². The molecule has 0 fully saturated rings. The molecule has 2 heterocycles. The molecule has 0 aromatic carbocycles. The Bertz CT molecular complexity index is 394. The van der Waals surface area contributed by atoms with E-state index in [0.29, 0.717) is 5.52 Å². The minimum atomic E-state index is -0.0897. The summed E-state index contributed by atoms with van der Waals surface area (Å²) < 4.78 is 1.48. The minimum absolute atomic E-state index is 0.0897. The van der Waals surface area contributed by atoms with Gasteiger partial charge in [-0.15, -0.1) is 10.2 Å². The van der Waals surface area contributed by atoms with Gasteiger partial charge in [0.2, 0.25) is 0 Å². The Morgan fingerprint density at radius 1 is 1.55 bits per heavy atom. The van der Waals surface area contributed by atoms with Gasteiger partial charge in [-0.2, -0.15) is 5.10 Å². The van der Waals surface area contributed by atoms with Crippen LogP contribution >= 0.6 is 0 Å². The third-order valence-electron chi connectivity index (χ3n) is 1.40. The molecule has 0 radical (unpaired) electrons. The Morgan fingerprint density at radius 2 is 2.36 bits per heavy atom. The summed E-state index contributed by atoms with van der Waals surface area (Å²) in [4.78, 5) is 0.